The van der Waals surface area contributed by atoms with Crippen molar-refractivity contribution in [1.29, 1.82) is 0 Å². The minimum atomic E-state index is -0.108. The van der Waals surface area contributed by atoms with E-state index in [1.807, 2.05) is 26.0 Å². The SMILES string of the molecule is Cc1cc(OCCN(C)C(=O)CCl)cc(C)c1Cl. The minimum Gasteiger partial charge on any atom is -0.492 e. The quantitative estimate of drug-likeness (QED) is 0.780. The van der Waals surface area contributed by atoms with Crippen molar-refractivity contribution in [2.45, 2.75) is 13.8 Å². The third-order valence-corrected chi connectivity index (χ3v) is 3.47. The van der Waals surface area contributed by atoms with Crippen LogP contribution >= 0.6 is 23.2 Å². The highest BCUT2D eigenvalue weighted by Crippen LogP contribution is 2.25. The van der Waals surface area contributed by atoms with Crippen LogP contribution in [0.4, 0.5) is 0 Å². The maximum Gasteiger partial charge on any atom is 0.237 e. The molecule has 0 aliphatic heterocycles. The van der Waals surface area contributed by atoms with Crippen LogP contribution in [0.5, 0.6) is 5.75 Å². The fourth-order valence-corrected chi connectivity index (χ4v) is 1.83. The Morgan fingerprint density at radius 2 is 1.89 bits per heavy atom. The Bertz CT molecular complexity index is 412. The van der Waals surface area contributed by atoms with E-state index in [0.717, 1.165) is 21.9 Å². The van der Waals surface area contributed by atoms with Crippen molar-refractivity contribution in [1.82, 2.24) is 4.90 Å². The first-order valence-corrected chi connectivity index (χ1v) is 6.56. The zero-order valence-corrected chi connectivity index (χ0v) is 12.3. The summed E-state index contributed by atoms with van der Waals surface area (Å²) in [6.45, 7) is 4.81. The van der Waals surface area contributed by atoms with E-state index < -0.39 is 0 Å². The van der Waals surface area contributed by atoms with Gasteiger partial charge < -0.3 is 9.64 Å². The molecular weight excluding hydrogens is 273 g/mol. The van der Waals surface area contributed by atoms with Gasteiger partial charge in [0.25, 0.3) is 0 Å². The average molecular weight is 290 g/mol. The molecule has 18 heavy (non-hydrogen) atoms. The van der Waals surface area contributed by atoms with Crippen LogP contribution in [0, 0.1) is 13.8 Å². The summed E-state index contributed by atoms with van der Waals surface area (Å²) in [6, 6.07) is 3.78. The van der Waals surface area contributed by atoms with Crippen LogP contribution in [0.1, 0.15) is 11.1 Å². The number of ether oxygens (including phenoxy) is 1. The first-order chi connectivity index (χ1) is 8.45. The number of nitrogens with zero attached hydrogens (tertiary/aromatic N) is 1. The molecule has 0 aromatic heterocycles. The van der Waals surface area contributed by atoms with Crippen LogP contribution in [0.15, 0.2) is 12.1 Å². The predicted octanol–water partition coefficient (Wildman–Crippen LogP) is 3.03. The third kappa shape index (κ3) is 4.07. The Morgan fingerprint density at radius 1 is 1.33 bits per heavy atom. The van der Waals surface area contributed by atoms with Crippen LogP contribution in [-0.4, -0.2) is 36.9 Å². The average Bonchev–Trinajstić information content (AvgIpc) is 2.34. The molecule has 100 valence electrons. The Hall–Kier alpha value is -0.930. The van der Waals surface area contributed by atoms with Crippen molar-refractivity contribution in [2.75, 3.05) is 26.1 Å². The van der Waals surface area contributed by atoms with Crippen LogP contribution in [-0.2, 0) is 4.79 Å². The van der Waals surface area contributed by atoms with E-state index in [0.29, 0.717) is 13.2 Å². The molecule has 0 N–H and O–H groups in total. The second kappa shape index (κ2) is 6.86. The number of alkyl halides is 1. The van der Waals surface area contributed by atoms with E-state index in [2.05, 4.69) is 0 Å². The molecule has 0 aliphatic rings. The summed E-state index contributed by atoms with van der Waals surface area (Å²) >= 11 is 11.5. The Labute approximate surface area is 118 Å². The maximum absolute atomic E-state index is 11.2. The molecule has 1 rings (SSSR count). The smallest absolute Gasteiger partial charge is 0.237 e. The molecule has 0 saturated carbocycles. The summed E-state index contributed by atoms with van der Waals surface area (Å²) in [5.41, 5.74) is 1.97. The van der Waals surface area contributed by atoms with E-state index in [-0.39, 0.29) is 11.8 Å². The predicted molar refractivity (Wildman–Crippen MR) is 74.8 cm³/mol. The number of carbonyl (C=O) groups excluding carboxylic acids is 1. The van der Waals surface area contributed by atoms with Gasteiger partial charge in [0.1, 0.15) is 18.2 Å². The van der Waals surface area contributed by atoms with Crippen molar-refractivity contribution in [3.05, 3.63) is 28.3 Å². The fourth-order valence-electron chi connectivity index (χ4n) is 1.52. The van der Waals surface area contributed by atoms with E-state index in [4.69, 9.17) is 27.9 Å². The van der Waals surface area contributed by atoms with Crippen molar-refractivity contribution in [3.8, 4) is 5.75 Å². The molecule has 0 unspecified atom stereocenters. The van der Waals surface area contributed by atoms with E-state index in [9.17, 15) is 4.79 Å². The van der Waals surface area contributed by atoms with Gasteiger partial charge >= 0.3 is 0 Å². The normalized spacial score (nSPS) is 10.3. The number of hydrogen-bond acceptors (Lipinski definition) is 2. The van der Waals surface area contributed by atoms with E-state index >= 15 is 0 Å². The van der Waals surface area contributed by atoms with Gasteiger partial charge in [-0.15, -0.1) is 11.6 Å². The summed E-state index contributed by atoms with van der Waals surface area (Å²) < 4.78 is 5.59. The topological polar surface area (TPSA) is 29.5 Å². The van der Waals surface area contributed by atoms with Gasteiger partial charge in [0.2, 0.25) is 5.91 Å². The van der Waals surface area contributed by atoms with Gasteiger partial charge in [0.05, 0.1) is 6.54 Å². The molecular formula is C13H17Cl2NO2. The molecule has 0 atom stereocenters. The largest absolute Gasteiger partial charge is 0.492 e. The highest BCUT2D eigenvalue weighted by Gasteiger charge is 2.07. The van der Waals surface area contributed by atoms with Crippen molar-refractivity contribution in [2.24, 2.45) is 0 Å². The van der Waals surface area contributed by atoms with Crippen molar-refractivity contribution >= 4 is 29.1 Å². The number of likely N-dealkylation sites (N-methyl/N-ethyl adjacent to an activating group) is 1. The summed E-state index contributed by atoms with van der Waals surface area (Å²) in [6.07, 6.45) is 0. The molecule has 3 nitrogen and oxygen atoms in total. The maximum atomic E-state index is 11.2. The molecule has 1 aromatic rings. The van der Waals surface area contributed by atoms with Crippen molar-refractivity contribution < 1.29 is 9.53 Å². The monoisotopic (exact) mass is 289 g/mol. The zero-order valence-electron chi connectivity index (χ0n) is 10.8. The molecule has 0 spiro atoms. The standard InChI is InChI=1S/C13H17Cl2NO2/c1-9-6-11(7-10(2)13(9)15)18-5-4-16(3)12(17)8-14/h6-7H,4-5,8H2,1-3H3. The molecule has 0 radical (unpaired) electrons. The summed E-state index contributed by atoms with van der Waals surface area (Å²) in [7, 11) is 1.70. The first-order valence-electron chi connectivity index (χ1n) is 5.65. The lowest BCUT2D eigenvalue weighted by Gasteiger charge is -2.16. The molecule has 0 heterocycles. The lowest BCUT2D eigenvalue weighted by molar-refractivity contribution is -0.127. The van der Waals surface area contributed by atoms with Crippen LogP contribution in [0.2, 0.25) is 5.02 Å². The molecule has 5 heteroatoms. The van der Waals surface area contributed by atoms with Gasteiger partial charge in [0, 0.05) is 12.1 Å². The molecule has 0 fully saturated rings. The molecule has 1 amide bonds. The highest BCUT2D eigenvalue weighted by molar-refractivity contribution is 6.32. The number of halogens is 2. The number of benzene rings is 1. The van der Waals surface area contributed by atoms with Crippen LogP contribution in [0.3, 0.4) is 0 Å². The van der Waals surface area contributed by atoms with E-state index in [1.165, 1.54) is 0 Å². The highest BCUT2D eigenvalue weighted by atomic mass is 35.5. The van der Waals surface area contributed by atoms with Gasteiger partial charge in [-0.25, -0.2) is 0 Å². The zero-order chi connectivity index (χ0) is 13.7. The Kier molecular flexibility index (Phi) is 5.76. The van der Waals surface area contributed by atoms with Crippen LogP contribution in [0.25, 0.3) is 0 Å². The van der Waals surface area contributed by atoms with Gasteiger partial charge in [0.15, 0.2) is 0 Å². The minimum absolute atomic E-state index is 0.00430. The fraction of sp³-hybridized carbons (Fsp3) is 0.462. The second-order valence-corrected chi connectivity index (χ2v) is 4.81. The number of rotatable bonds is 5. The van der Waals surface area contributed by atoms with Gasteiger partial charge in [-0.2, -0.15) is 0 Å². The lowest BCUT2D eigenvalue weighted by atomic mass is 10.1. The third-order valence-electron chi connectivity index (χ3n) is 2.65. The number of aryl methyl sites for hydroxylation is 2. The van der Waals surface area contributed by atoms with Crippen LogP contribution < -0.4 is 4.74 Å². The summed E-state index contributed by atoms with van der Waals surface area (Å²) in [5, 5.41) is 0.761. The van der Waals surface area contributed by atoms with Gasteiger partial charge in [-0.05, 0) is 37.1 Å². The number of hydrogen-bond donors (Lipinski definition) is 0. The summed E-state index contributed by atoms with van der Waals surface area (Å²) in [4.78, 5) is 12.8. The number of carbonyl (C=O) groups is 1. The number of amides is 1. The Morgan fingerprint density at radius 3 is 2.39 bits per heavy atom. The second-order valence-electron chi connectivity index (χ2n) is 4.17. The summed E-state index contributed by atoms with van der Waals surface area (Å²) in [5.74, 6) is 0.653. The molecule has 0 bridgehead atoms. The van der Waals surface area contributed by atoms with Gasteiger partial charge in [-0.1, -0.05) is 11.6 Å². The molecule has 0 saturated heterocycles. The molecule has 0 aliphatic carbocycles. The lowest BCUT2D eigenvalue weighted by Crippen LogP contribution is -2.31. The molecule has 1 aromatic carbocycles. The first kappa shape index (κ1) is 15.1. The van der Waals surface area contributed by atoms with Crippen molar-refractivity contribution in [3.63, 3.8) is 0 Å². The van der Waals surface area contributed by atoms with Gasteiger partial charge in [-0.3, -0.25) is 4.79 Å². The Balaban J connectivity index is 2.52. The van der Waals surface area contributed by atoms with E-state index in [1.54, 1.807) is 11.9 Å².